The van der Waals surface area contributed by atoms with E-state index in [4.69, 9.17) is 0 Å². The van der Waals surface area contributed by atoms with Gasteiger partial charge >= 0.3 is 0 Å². The molecule has 1 heterocycles. The fraction of sp³-hybridized carbons (Fsp3) is 0.0526. The molecule has 106 valence electrons. The maximum atomic E-state index is 4.45. The maximum Gasteiger partial charge on any atom is 0.142 e. The zero-order valence-corrected chi connectivity index (χ0v) is 12.2. The van der Waals surface area contributed by atoms with Gasteiger partial charge in [-0.05, 0) is 36.2 Å². The second-order valence-electron chi connectivity index (χ2n) is 5.40. The van der Waals surface area contributed by atoms with Gasteiger partial charge in [-0.1, -0.05) is 48.0 Å². The smallest absolute Gasteiger partial charge is 0.142 e. The summed E-state index contributed by atoms with van der Waals surface area (Å²) in [6.45, 7) is 2.08. The van der Waals surface area contributed by atoms with Crippen molar-refractivity contribution in [3.8, 4) is 11.1 Å². The molecule has 0 fully saturated rings. The molecule has 0 amide bonds. The molecule has 0 atom stereocenters. The first-order valence-corrected chi connectivity index (χ1v) is 7.27. The third-order valence-electron chi connectivity index (χ3n) is 3.82. The van der Waals surface area contributed by atoms with Crippen LogP contribution in [0.15, 0.2) is 67.0 Å². The first kappa shape index (κ1) is 12.8. The molecule has 1 aromatic carbocycles. The predicted molar refractivity (Wildman–Crippen MR) is 90.6 cm³/mol. The molecule has 2 aliphatic carbocycles. The van der Waals surface area contributed by atoms with Gasteiger partial charge in [0.2, 0.25) is 0 Å². The average Bonchev–Trinajstić information content (AvgIpc) is 2.73. The van der Waals surface area contributed by atoms with Crippen LogP contribution in [0.2, 0.25) is 0 Å². The molecule has 0 saturated carbocycles. The zero-order chi connectivity index (χ0) is 14.9. The van der Waals surface area contributed by atoms with Gasteiger partial charge in [-0.25, -0.2) is 9.97 Å². The van der Waals surface area contributed by atoms with E-state index in [0.717, 1.165) is 28.0 Å². The third kappa shape index (κ3) is 2.17. The number of nitrogens with one attached hydrogen (secondary N) is 1. The van der Waals surface area contributed by atoms with Gasteiger partial charge in [0.1, 0.15) is 12.1 Å². The molecule has 1 N–H and O–H groups in total. The second kappa shape index (κ2) is 5.11. The Labute approximate surface area is 129 Å². The third-order valence-corrected chi connectivity index (χ3v) is 3.82. The van der Waals surface area contributed by atoms with Crippen molar-refractivity contribution in [1.82, 2.24) is 9.97 Å². The van der Waals surface area contributed by atoms with Gasteiger partial charge < -0.3 is 5.32 Å². The standard InChI is InChI=1S/C19H15N3/c1-13-7-9-15(10-8-13)22-19-18-16-6-4-2-3-5-14(16)11-17(18)20-12-21-19/h2-12H,1H3,(H,20,21,22). The fourth-order valence-corrected chi connectivity index (χ4v) is 2.70. The minimum atomic E-state index is 0.843. The quantitative estimate of drug-likeness (QED) is 0.575. The van der Waals surface area contributed by atoms with Crippen LogP contribution in [0.3, 0.4) is 0 Å². The Morgan fingerprint density at radius 1 is 0.864 bits per heavy atom. The minimum Gasteiger partial charge on any atom is -0.340 e. The lowest BCUT2D eigenvalue weighted by atomic mass is 10.1. The monoisotopic (exact) mass is 285 g/mol. The lowest BCUT2D eigenvalue weighted by Gasteiger charge is -2.08. The number of nitrogens with zero attached hydrogens (tertiary/aromatic N) is 2. The first-order valence-electron chi connectivity index (χ1n) is 7.27. The van der Waals surface area contributed by atoms with Gasteiger partial charge in [-0.15, -0.1) is 0 Å². The summed E-state index contributed by atoms with van der Waals surface area (Å²) < 4.78 is 0. The van der Waals surface area contributed by atoms with Crippen molar-refractivity contribution in [2.45, 2.75) is 6.92 Å². The predicted octanol–water partition coefficient (Wildman–Crippen LogP) is 4.79. The van der Waals surface area contributed by atoms with E-state index in [9.17, 15) is 0 Å². The highest BCUT2D eigenvalue weighted by molar-refractivity contribution is 6.06. The van der Waals surface area contributed by atoms with Crippen LogP contribution in [0.25, 0.3) is 22.0 Å². The van der Waals surface area contributed by atoms with Crippen LogP contribution in [0.5, 0.6) is 0 Å². The molecule has 22 heavy (non-hydrogen) atoms. The average molecular weight is 285 g/mol. The normalized spacial score (nSPS) is 11.0. The molecule has 0 unspecified atom stereocenters. The van der Waals surface area contributed by atoms with Crippen molar-refractivity contribution in [2.75, 3.05) is 5.32 Å². The lowest BCUT2D eigenvalue weighted by molar-refractivity contribution is 1.22. The molecule has 1 aromatic heterocycles. The fourth-order valence-electron chi connectivity index (χ4n) is 2.70. The van der Waals surface area contributed by atoms with Crippen LogP contribution in [0.1, 0.15) is 5.56 Å². The topological polar surface area (TPSA) is 37.8 Å². The van der Waals surface area contributed by atoms with Gasteiger partial charge in [0.15, 0.2) is 0 Å². The summed E-state index contributed by atoms with van der Waals surface area (Å²) in [6.07, 6.45) is 1.61. The molecule has 0 saturated heterocycles. The Hall–Kier alpha value is -2.94. The van der Waals surface area contributed by atoms with Crippen molar-refractivity contribution in [3.05, 3.63) is 72.6 Å². The number of hydrogen-bond acceptors (Lipinski definition) is 3. The number of aryl methyl sites for hydroxylation is 1. The molecule has 2 aliphatic rings. The van der Waals surface area contributed by atoms with Crippen molar-refractivity contribution < 1.29 is 0 Å². The zero-order valence-electron chi connectivity index (χ0n) is 12.2. The summed E-state index contributed by atoms with van der Waals surface area (Å²) in [4.78, 5) is 8.85. The first-order chi connectivity index (χ1) is 10.8. The molecule has 0 aliphatic heterocycles. The molecule has 2 aromatic rings. The highest BCUT2D eigenvalue weighted by Crippen LogP contribution is 2.36. The summed E-state index contributed by atoms with van der Waals surface area (Å²) in [7, 11) is 0. The van der Waals surface area contributed by atoms with E-state index in [1.807, 2.05) is 18.2 Å². The second-order valence-corrected chi connectivity index (χ2v) is 5.40. The van der Waals surface area contributed by atoms with Crippen molar-refractivity contribution in [2.24, 2.45) is 0 Å². The van der Waals surface area contributed by atoms with Gasteiger partial charge in [-0.3, -0.25) is 0 Å². The number of aromatic nitrogens is 2. The van der Waals surface area contributed by atoms with E-state index in [-0.39, 0.29) is 0 Å². The van der Waals surface area contributed by atoms with Gasteiger partial charge in [-0.2, -0.15) is 0 Å². The molecule has 0 radical (unpaired) electrons. The Balaban J connectivity index is 1.88. The maximum absolute atomic E-state index is 4.45. The summed E-state index contributed by atoms with van der Waals surface area (Å²) in [5.41, 5.74) is 5.57. The van der Waals surface area contributed by atoms with Gasteiger partial charge in [0, 0.05) is 5.69 Å². The molecule has 0 bridgehead atoms. The Morgan fingerprint density at radius 3 is 2.55 bits per heavy atom. The molecular weight excluding hydrogens is 270 g/mol. The van der Waals surface area contributed by atoms with E-state index in [2.05, 4.69) is 64.7 Å². The largest absolute Gasteiger partial charge is 0.340 e. The van der Waals surface area contributed by atoms with Crippen LogP contribution < -0.4 is 5.32 Å². The van der Waals surface area contributed by atoms with Crippen molar-refractivity contribution in [3.63, 3.8) is 0 Å². The van der Waals surface area contributed by atoms with E-state index >= 15 is 0 Å². The molecular formula is C19H15N3. The van der Waals surface area contributed by atoms with E-state index in [1.54, 1.807) is 6.33 Å². The summed E-state index contributed by atoms with van der Waals surface area (Å²) in [5, 5.41) is 4.48. The Morgan fingerprint density at radius 2 is 1.68 bits per heavy atom. The highest BCUT2D eigenvalue weighted by atomic mass is 15.0. The summed E-state index contributed by atoms with van der Waals surface area (Å²) in [6, 6.07) is 20.7. The van der Waals surface area contributed by atoms with Crippen molar-refractivity contribution in [1.29, 1.82) is 0 Å². The van der Waals surface area contributed by atoms with E-state index in [0.29, 0.717) is 0 Å². The number of anilines is 2. The van der Waals surface area contributed by atoms with E-state index < -0.39 is 0 Å². The number of rotatable bonds is 2. The lowest BCUT2D eigenvalue weighted by Crippen LogP contribution is -1.95. The molecule has 0 spiro atoms. The Bertz CT molecular complexity index is 913. The Kier molecular flexibility index (Phi) is 2.97. The van der Waals surface area contributed by atoms with Gasteiger partial charge in [0.25, 0.3) is 0 Å². The van der Waals surface area contributed by atoms with E-state index in [1.165, 1.54) is 11.1 Å². The van der Waals surface area contributed by atoms with Gasteiger partial charge in [0.05, 0.1) is 10.9 Å². The minimum absolute atomic E-state index is 0.843. The van der Waals surface area contributed by atoms with Crippen LogP contribution in [-0.2, 0) is 0 Å². The molecule has 3 nitrogen and oxygen atoms in total. The van der Waals surface area contributed by atoms with Crippen molar-refractivity contribution >= 4 is 22.4 Å². The van der Waals surface area contributed by atoms with Crippen LogP contribution in [-0.4, -0.2) is 9.97 Å². The number of benzene rings is 1. The molecule has 3 heteroatoms. The molecule has 4 rings (SSSR count). The highest BCUT2D eigenvalue weighted by Gasteiger charge is 2.14. The number of fused-ring (bicyclic) bond motifs is 3. The summed E-state index contributed by atoms with van der Waals surface area (Å²) >= 11 is 0. The van der Waals surface area contributed by atoms with Crippen LogP contribution in [0, 0.1) is 6.92 Å². The SMILES string of the molecule is Cc1ccc(Nc2ncnc3cc4cccccc-4c23)cc1. The summed E-state index contributed by atoms with van der Waals surface area (Å²) in [5.74, 6) is 0.843. The van der Waals surface area contributed by atoms with Crippen LogP contribution in [0.4, 0.5) is 11.5 Å². The van der Waals surface area contributed by atoms with Crippen LogP contribution >= 0.6 is 0 Å². The number of hydrogen-bond donors (Lipinski definition) is 1.